The van der Waals surface area contributed by atoms with E-state index in [2.05, 4.69) is 11.1 Å². The van der Waals surface area contributed by atoms with Crippen LogP contribution in [-0.2, 0) is 19.6 Å². The summed E-state index contributed by atoms with van der Waals surface area (Å²) in [6.07, 6.45) is 0.0298. The maximum absolute atomic E-state index is 15.6. The van der Waals surface area contributed by atoms with Crippen molar-refractivity contribution in [1.82, 2.24) is 14.5 Å². The van der Waals surface area contributed by atoms with Crippen molar-refractivity contribution < 1.29 is 28.5 Å². The Bertz CT molecular complexity index is 1880. The molecule has 1 aliphatic carbocycles. The number of benzene rings is 3. The number of fused-ring (bicyclic) bond motifs is 1. The molecule has 0 radical (unpaired) electrons. The standard InChI is InChI=1S/C34H30F2N4O4/c1-43-30-13-21(17-37)5-6-25(30)18-44-32-4-2-3-27(39-32)23-8-7-22(26(36)14-23)16-31-38-28-10-9-24(33(41)42)15-29(28)40(31)20-34(19-35)11-12-34/h2-10,13-15,33,41-42H,11-12,16,18-20H2,1H3. The van der Waals surface area contributed by atoms with Crippen molar-refractivity contribution in [3.63, 3.8) is 0 Å². The van der Waals surface area contributed by atoms with Crippen LogP contribution >= 0.6 is 0 Å². The van der Waals surface area contributed by atoms with Gasteiger partial charge < -0.3 is 24.3 Å². The van der Waals surface area contributed by atoms with Crippen LogP contribution in [0.15, 0.2) is 72.8 Å². The number of pyridine rings is 1. The Morgan fingerprint density at radius 1 is 1.02 bits per heavy atom. The molecule has 0 unspecified atom stereocenters. The summed E-state index contributed by atoms with van der Waals surface area (Å²) in [5.41, 5.74) is 3.86. The number of hydrogen-bond acceptors (Lipinski definition) is 7. The van der Waals surface area contributed by atoms with Crippen molar-refractivity contribution >= 4 is 11.0 Å². The fourth-order valence-corrected chi connectivity index (χ4v) is 5.27. The highest BCUT2D eigenvalue weighted by atomic mass is 19.1. The first-order valence-electron chi connectivity index (χ1n) is 14.2. The second kappa shape index (κ2) is 12.0. The monoisotopic (exact) mass is 596 g/mol. The van der Waals surface area contributed by atoms with Crippen LogP contribution in [0.5, 0.6) is 11.6 Å². The van der Waals surface area contributed by atoms with Crippen LogP contribution in [0, 0.1) is 22.6 Å². The van der Waals surface area contributed by atoms with E-state index in [4.69, 9.17) is 19.7 Å². The molecular formula is C34H30F2N4O4. The number of hydrogen-bond donors (Lipinski definition) is 2. The lowest BCUT2D eigenvalue weighted by atomic mass is 10.0. The molecule has 2 heterocycles. The molecule has 0 atom stereocenters. The quantitative estimate of drug-likeness (QED) is 0.179. The largest absolute Gasteiger partial charge is 0.496 e. The lowest BCUT2D eigenvalue weighted by molar-refractivity contribution is -0.0424. The Morgan fingerprint density at radius 2 is 1.84 bits per heavy atom. The summed E-state index contributed by atoms with van der Waals surface area (Å²) < 4.78 is 42.6. The maximum Gasteiger partial charge on any atom is 0.214 e. The number of aliphatic hydroxyl groups excluding tert-OH is 1. The van der Waals surface area contributed by atoms with Crippen molar-refractivity contribution in [3.05, 3.63) is 107 Å². The molecule has 0 bridgehead atoms. The number of methoxy groups -OCH3 is 1. The smallest absolute Gasteiger partial charge is 0.214 e. The second-order valence-corrected chi connectivity index (χ2v) is 11.1. The Morgan fingerprint density at radius 3 is 2.55 bits per heavy atom. The van der Waals surface area contributed by atoms with Gasteiger partial charge in [-0.3, -0.25) is 4.39 Å². The minimum absolute atomic E-state index is 0.169. The van der Waals surface area contributed by atoms with Crippen LogP contribution in [0.2, 0.25) is 0 Å². The van der Waals surface area contributed by atoms with Crippen LogP contribution < -0.4 is 9.47 Å². The van der Waals surface area contributed by atoms with E-state index in [1.54, 1.807) is 66.7 Å². The lowest BCUT2D eigenvalue weighted by Gasteiger charge is -2.16. The van der Waals surface area contributed by atoms with Gasteiger partial charge in [-0.15, -0.1) is 0 Å². The third-order valence-electron chi connectivity index (χ3n) is 8.10. The molecule has 0 aliphatic heterocycles. The van der Waals surface area contributed by atoms with Crippen LogP contribution in [0.3, 0.4) is 0 Å². The predicted octanol–water partition coefficient (Wildman–Crippen LogP) is 6.02. The lowest BCUT2D eigenvalue weighted by Crippen LogP contribution is -2.16. The number of imidazole rings is 1. The number of rotatable bonds is 11. The molecule has 1 saturated carbocycles. The highest BCUT2D eigenvalue weighted by molar-refractivity contribution is 5.77. The topological polar surface area (TPSA) is 113 Å². The molecular weight excluding hydrogens is 566 g/mol. The molecule has 1 aliphatic rings. The Labute approximate surface area is 252 Å². The van der Waals surface area contributed by atoms with E-state index < -0.39 is 24.2 Å². The molecule has 0 amide bonds. The van der Waals surface area contributed by atoms with E-state index in [9.17, 15) is 14.6 Å². The van der Waals surface area contributed by atoms with Crippen molar-refractivity contribution in [2.24, 2.45) is 5.41 Å². The summed E-state index contributed by atoms with van der Waals surface area (Å²) in [5.74, 6) is 1.02. The normalized spacial score (nSPS) is 13.7. The van der Waals surface area contributed by atoms with Gasteiger partial charge in [-0.25, -0.2) is 14.4 Å². The van der Waals surface area contributed by atoms with Crippen molar-refractivity contribution in [2.45, 2.75) is 38.7 Å². The van der Waals surface area contributed by atoms with E-state index >= 15 is 4.39 Å². The van der Waals surface area contributed by atoms with E-state index in [1.165, 1.54) is 13.2 Å². The fraction of sp³-hybridized carbons (Fsp3) is 0.265. The molecule has 2 aromatic heterocycles. The molecule has 0 saturated heterocycles. The third kappa shape index (κ3) is 5.97. The van der Waals surface area contributed by atoms with Crippen LogP contribution in [-0.4, -0.2) is 38.5 Å². The number of aromatic nitrogens is 3. The zero-order chi connectivity index (χ0) is 30.8. The summed E-state index contributed by atoms with van der Waals surface area (Å²) in [5, 5.41) is 28.5. The Balaban J connectivity index is 1.24. The first-order valence-corrected chi connectivity index (χ1v) is 14.2. The molecule has 44 heavy (non-hydrogen) atoms. The Hall–Kier alpha value is -4.85. The second-order valence-electron chi connectivity index (χ2n) is 11.1. The highest BCUT2D eigenvalue weighted by Crippen LogP contribution is 2.48. The maximum atomic E-state index is 15.6. The summed E-state index contributed by atoms with van der Waals surface area (Å²) in [4.78, 5) is 9.26. The number of halogens is 2. The molecule has 224 valence electrons. The van der Waals surface area contributed by atoms with Crippen molar-refractivity contribution in [3.8, 4) is 29.0 Å². The SMILES string of the molecule is COc1cc(C#N)ccc1COc1cccc(-c2ccc(Cc3nc4ccc(C(O)O)cc4n3CC3(CF)CC3)c(F)c2)n1. The summed E-state index contributed by atoms with van der Waals surface area (Å²) >= 11 is 0. The van der Waals surface area contributed by atoms with Gasteiger partial charge in [0.2, 0.25) is 5.88 Å². The number of nitriles is 1. The van der Waals surface area contributed by atoms with Crippen LogP contribution in [0.1, 0.15) is 47.2 Å². The number of nitrogens with zero attached hydrogens (tertiary/aromatic N) is 4. The number of aliphatic hydroxyl groups is 2. The van der Waals surface area contributed by atoms with Gasteiger partial charge in [0.15, 0.2) is 6.29 Å². The van der Waals surface area contributed by atoms with Crippen molar-refractivity contribution in [1.29, 1.82) is 5.26 Å². The van der Waals surface area contributed by atoms with Gasteiger partial charge in [0.25, 0.3) is 0 Å². The highest BCUT2D eigenvalue weighted by Gasteiger charge is 2.43. The van der Waals surface area contributed by atoms with Gasteiger partial charge in [-0.1, -0.05) is 30.3 Å². The molecule has 1 fully saturated rings. The Kier molecular flexibility index (Phi) is 7.99. The molecule has 6 rings (SSSR count). The molecule has 2 N–H and O–H groups in total. The first kappa shape index (κ1) is 29.2. The van der Waals surface area contributed by atoms with E-state index in [-0.39, 0.29) is 13.0 Å². The average molecular weight is 597 g/mol. The predicted molar refractivity (Wildman–Crippen MR) is 159 cm³/mol. The molecule has 3 aromatic carbocycles. The van der Waals surface area contributed by atoms with Crippen LogP contribution in [0.25, 0.3) is 22.3 Å². The van der Waals surface area contributed by atoms with Crippen LogP contribution in [0.4, 0.5) is 8.78 Å². The third-order valence-corrected chi connectivity index (χ3v) is 8.10. The molecule has 8 nitrogen and oxygen atoms in total. The minimum Gasteiger partial charge on any atom is -0.496 e. The van der Waals surface area contributed by atoms with Gasteiger partial charge in [0, 0.05) is 41.1 Å². The van der Waals surface area contributed by atoms with Gasteiger partial charge >= 0.3 is 0 Å². The van der Waals surface area contributed by atoms with Gasteiger partial charge in [-0.2, -0.15) is 5.26 Å². The molecule has 5 aromatic rings. The molecule has 0 spiro atoms. The fourth-order valence-electron chi connectivity index (χ4n) is 5.27. The van der Waals surface area contributed by atoms with Crippen molar-refractivity contribution in [2.75, 3.05) is 13.8 Å². The average Bonchev–Trinajstić information content (AvgIpc) is 3.75. The van der Waals surface area contributed by atoms with E-state index in [0.29, 0.717) is 63.0 Å². The van der Waals surface area contributed by atoms with Gasteiger partial charge in [0.1, 0.15) is 24.0 Å². The molecule has 10 heteroatoms. The van der Waals surface area contributed by atoms with Gasteiger partial charge in [0.05, 0.1) is 42.1 Å². The summed E-state index contributed by atoms with van der Waals surface area (Å²) in [6, 6.07) is 22.2. The first-order chi connectivity index (χ1) is 21.3. The van der Waals surface area contributed by atoms with E-state index in [1.807, 2.05) is 4.57 Å². The zero-order valence-corrected chi connectivity index (χ0v) is 24.0. The minimum atomic E-state index is -1.65. The van der Waals surface area contributed by atoms with Gasteiger partial charge in [-0.05, 0) is 54.8 Å². The van der Waals surface area contributed by atoms with E-state index in [0.717, 1.165) is 18.4 Å². The summed E-state index contributed by atoms with van der Waals surface area (Å²) in [7, 11) is 1.53. The summed E-state index contributed by atoms with van der Waals surface area (Å²) in [6.45, 7) is 0.0848. The number of alkyl halides is 1. The zero-order valence-electron chi connectivity index (χ0n) is 24.0. The number of ether oxygens (including phenoxy) is 2.